The normalized spacial score (nSPS) is 16.1. The summed E-state index contributed by atoms with van der Waals surface area (Å²) in [6, 6.07) is 13.0. The van der Waals surface area contributed by atoms with Crippen LogP contribution in [0, 0.1) is 29.1 Å². The molecule has 1 saturated carbocycles. The maximum Gasteiger partial charge on any atom is 0.262 e. The standard InChI is InChI=1S/C34H34F2N8O/c1-6-20-17-39-29-21(16-37)14-22(15-26(29)28(20)40-19-33(2,3)4)41-30(27-18-44(43-42-27)34(11-12-34)32(35)36)24-8-7-9-25-23(24)10-13-38-31(25)45-5/h1,7-10,13-15,17-18,30,32,41-43H,11-12,19H2,2-5H3,(H,39,40)/t30-/m0/s1. The molecular weight excluding hydrogens is 574 g/mol. The number of hydrogen-bond donors (Lipinski definition) is 4. The molecule has 3 heterocycles. The number of ether oxygens (including phenoxy) is 1. The lowest BCUT2D eigenvalue weighted by molar-refractivity contribution is 0.00911. The summed E-state index contributed by atoms with van der Waals surface area (Å²) < 4.78 is 33.6. The number of fused-ring (bicyclic) bond motifs is 2. The molecule has 0 amide bonds. The van der Waals surface area contributed by atoms with Gasteiger partial charge in [-0.2, -0.15) is 5.26 Å². The van der Waals surface area contributed by atoms with E-state index >= 15 is 0 Å². The highest BCUT2D eigenvalue weighted by molar-refractivity contribution is 5.99. The van der Waals surface area contributed by atoms with Crippen LogP contribution in [0.2, 0.25) is 0 Å². The summed E-state index contributed by atoms with van der Waals surface area (Å²) in [4.78, 5) is 8.89. The van der Waals surface area contributed by atoms with Crippen molar-refractivity contribution in [1.82, 2.24) is 25.9 Å². The van der Waals surface area contributed by atoms with Crippen LogP contribution in [0.25, 0.3) is 21.7 Å². The van der Waals surface area contributed by atoms with Crippen LogP contribution in [0.1, 0.15) is 56.3 Å². The summed E-state index contributed by atoms with van der Waals surface area (Å²) in [6.45, 7) is 6.99. The van der Waals surface area contributed by atoms with Crippen molar-refractivity contribution in [2.45, 2.75) is 51.6 Å². The number of nitrogens with zero attached hydrogens (tertiary/aromatic N) is 4. The Morgan fingerprint density at radius 2 is 1.93 bits per heavy atom. The second-order valence-electron chi connectivity index (χ2n) is 12.6. The minimum absolute atomic E-state index is 0.0403. The van der Waals surface area contributed by atoms with Crippen LogP contribution in [0.15, 0.2) is 60.7 Å². The molecule has 45 heavy (non-hydrogen) atoms. The van der Waals surface area contributed by atoms with E-state index in [0.29, 0.717) is 64.4 Å². The molecule has 1 aliphatic heterocycles. The van der Waals surface area contributed by atoms with Gasteiger partial charge in [0.2, 0.25) is 5.88 Å². The van der Waals surface area contributed by atoms with Crippen molar-refractivity contribution >= 4 is 33.1 Å². The maximum atomic E-state index is 14.1. The molecule has 1 atom stereocenters. The third-order valence-electron chi connectivity index (χ3n) is 8.21. The highest BCUT2D eigenvalue weighted by Crippen LogP contribution is 2.47. The number of hydrazine groups is 2. The van der Waals surface area contributed by atoms with Gasteiger partial charge in [-0.3, -0.25) is 9.99 Å². The molecule has 0 spiro atoms. The van der Waals surface area contributed by atoms with Crippen molar-refractivity contribution in [1.29, 1.82) is 5.26 Å². The zero-order chi connectivity index (χ0) is 31.9. The van der Waals surface area contributed by atoms with Crippen molar-refractivity contribution in [2.24, 2.45) is 5.41 Å². The predicted octanol–water partition coefficient (Wildman–Crippen LogP) is 6.22. The van der Waals surface area contributed by atoms with Gasteiger partial charge in [-0.25, -0.2) is 13.8 Å². The van der Waals surface area contributed by atoms with Crippen LogP contribution < -0.4 is 26.3 Å². The van der Waals surface area contributed by atoms with Gasteiger partial charge < -0.3 is 20.8 Å². The first kappa shape index (κ1) is 29.9. The lowest BCUT2D eigenvalue weighted by Crippen LogP contribution is -2.48. The first-order valence-corrected chi connectivity index (χ1v) is 14.6. The Labute approximate surface area is 260 Å². The van der Waals surface area contributed by atoms with Crippen molar-refractivity contribution in [3.63, 3.8) is 0 Å². The monoisotopic (exact) mass is 608 g/mol. The molecule has 2 aromatic heterocycles. The second kappa shape index (κ2) is 11.4. The van der Waals surface area contributed by atoms with Gasteiger partial charge in [-0.15, -0.1) is 12.0 Å². The summed E-state index contributed by atoms with van der Waals surface area (Å²) in [5.74, 6) is 3.19. The molecule has 0 radical (unpaired) electrons. The molecule has 230 valence electrons. The van der Waals surface area contributed by atoms with Crippen LogP contribution in [0.4, 0.5) is 20.2 Å². The van der Waals surface area contributed by atoms with Crippen molar-refractivity contribution in [3.8, 4) is 24.3 Å². The first-order chi connectivity index (χ1) is 21.6. The number of hydrogen-bond acceptors (Lipinski definition) is 9. The number of benzene rings is 2. The molecule has 4 aromatic rings. The van der Waals surface area contributed by atoms with E-state index in [2.05, 4.69) is 64.3 Å². The van der Waals surface area contributed by atoms with E-state index in [1.165, 1.54) is 5.01 Å². The Morgan fingerprint density at radius 1 is 1.13 bits per heavy atom. The summed E-state index contributed by atoms with van der Waals surface area (Å²) in [7, 11) is 1.56. The Morgan fingerprint density at radius 3 is 2.60 bits per heavy atom. The molecule has 9 nitrogen and oxygen atoms in total. The molecule has 0 saturated heterocycles. The van der Waals surface area contributed by atoms with Crippen LogP contribution in [0.3, 0.4) is 0 Å². The predicted molar refractivity (Wildman–Crippen MR) is 171 cm³/mol. The number of aromatic nitrogens is 2. The van der Waals surface area contributed by atoms with E-state index in [9.17, 15) is 14.0 Å². The largest absolute Gasteiger partial charge is 0.481 e. The van der Waals surface area contributed by atoms with Gasteiger partial charge in [-0.1, -0.05) is 38.8 Å². The van der Waals surface area contributed by atoms with Gasteiger partial charge in [0.05, 0.1) is 41.2 Å². The number of nitrogens with one attached hydrogen (secondary N) is 4. The Balaban J connectivity index is 1.50. The average Bonchev–Trinajstić information content (AvgIpc) is 3.71. The van der Waals surface area contributed by atoms with Gasteiger partial charge in [0, 0.05) is 41.6 Å². The number of rotatable bonds is 9. The molecule has 1 aliphatic carbocycles. The maximum absolute atomic E-state index is 14.1. The van der Waals surface area contributed by atoms with Crippen molar-refractivity contribution in [3.05, 3.63) is 77.4 Å². The molecule has 0 bridgehead atoms. The third kappa shape index (κ3) is 5.52. The lowest BCUT2D eigenvalue weighted by atomic mass is 9.95. The SMILES string of the molecule is C#Cc1cnc2c(C#N)cc(N[C@H](C3=CN(C4(C(F)F)CC4)NN3)c3cccc4c(OC)nccc34)cc2c1NCC(C)(C)C. The molecule has 4 N–H and O–H groups in total. The van der Waals surface area contributed by atoms with Gasteiger partial charge in [0.1, 0.15) is 11.6 Å². The zero-order valence-corrected chi connectivity index (χ0v) is 25.5. The van der Waals surface area contributed by atoms with Gasteiger partial charge >= 0.3 is 0 Å². The van der Waals surface area contributed by atoms with E-state index in [-0.39, 0.29) is 5.41 Å². The molecule has 0 unspecified atom stereocenters. The van der Waals surface area contributed by atoms with Crippen LogP contribution in [-0.2, 0) is 0 Å². The lowest BCUT2D eigenvalue weighted by Gasteiger charge is -2.25. The fourth-order valence-corrected chi connectivity index (χ4v) is 5.64. The first-order valence-electron chi connectivity index (χ1n) is 14.6. The third-order valence-corrected chi connectivity index (χ3v) is 8.21. The van der Waals surface area contributed by atoms with Gasteiger partial charge in [-0.05, 0) is 53.5 Å². The number of anilines is 2. The quantitative estimate of drug-likeness (QED) is 0.165. The smallest absolute Gasteiger partial charge is 0.262 e. The highest BCUT2D eigenvalue weighted by Gasteiger charge is 2.56. The van der Waals surface area contributed by atoms with Crippen molar-refractivity contribution < 1.29 is 13.5 Å². The van der Waals surface area contributed by atoms with Crippen LogP contribution >= 0.6 is 0 Å². The number of nitriles is 1. The Kier molecular flexibility index (Phi) is 7.59. The van der Waals surface area contributed by atoms with Crippen LogP contribution in [-0.4, -0.2) is 40.6 Å². The number of methoxy groups -OCH3 is 1. The Bertz CT molecular complexity index is 1900. The number of terminal acetylenes is 1. The summed E-state index contributed by atoms with van der Waals surface area (Å²) in [6.07, 6.45) is 9.08. The van der Waals surface area contributed by atoms with E-state index in [1.807, 2.05) is 30.3 Å². The average molecular weight is 609 g/mol. The minimum Gasteiger partial charge on any atom is -0.481 e. The second-order valence-corrected chi connectivity index (χ2v) is 12.6. The van der Waals surface area contributed by atoms with E-state index in [0.717, 1.165) is 16.3 Å². The number of alkyl halides is 2. The number of pyridine rings is 2. The van der Waals surface area contributed by atoms with E-state index < -0.39 is 18.0 Å². The molecular formula is C34H34F2N8O. The van der Waals surface area contributed by atoms with Gasteiger partial charge in [0.25, 0.3) is 6.43 Å². The highest BCUT2D eigenvalue weighted by atomic mass is 19.3. The molecule has 2 aliphatic rings. The summed E-state index contributed by atoms with van der Waals surface area (Å²) >= 11 is 0. The summed E-state index contributed by atoms with van der Waals surface area (Å²) in [5.41, 5.74) is 9.04. The van der Waals surface area contributed by atoms with E-state index in [4.69, 9.17) is 11.2 Å². The fraction of sp³-hybridized carbons (Fsp3) is 0.324. The zero-order valence-electron chi connectivity index (χ0n) is 25.5. The minimum atomic E-state index is -2.52. The molecule has 11 heteroatoms. The fourth-order valence-electron chi connectivity index (χ4n) is 5.64. The topological polar surface area (TPSA) is 110 Å². The molecule has 1 fully saturated rings. The molecule has 6 rings (SSSR count). The number of halogens is 2. The van der Waals surface area contributed by atoms with Crippen molar-refractivity contribution in [2.75, 3.05) is 24.3 Å². The molecule has 2 aromatic carbocycles. The Hall–Kier alpha value is -5.13. The summed E-state index contributed by atoms with van der Waals surface area (Å²) in [5, 5.41) is 21.1. The van der Waals surface area contributed by atoms with Crippen LogP contribution in [0.5, 0.6) is 5.88 Å². The van der Waals surface area contributed by atoms with Gasteiger partial charge in [0.15, 0.2) is 0 Å². The van der Waals surface area contributed by atoms with E-state index in [1.54, 1.807) is 31.8 Å².